The first-order valence-corrected chi connectivity index (χ1v) is 9.49. The Morgan fingerprint density at radius 1 is 1.04 bits per heavy atom. The molecule has 3 aromatic rings. The Balaban J connectivity index is 1.23. The molecular formula is C22H21N3O3. The summed E-state index contributed by atoms with van der Waals surface area (Å²) < 4.78 is 2.11. The molecule has 2 bridgehead atoms. The van der Waals surface area contributed by atoms with E-state index < -0.39 is 16.8 Å². The van der Waals surface area contributed by atoms with Gasteiger partial charge in [0.25, 0.3) is 0 Å². The number of hydrogen-bond donors (Lipinski definition) is 2. The topological polar surface area (TPSA) is 84.2 Å². The number of rotatable bonds is 6. The maximum absolute atomic E-state index is 12.5. The number of aliphatic carboxylic acids is 1. The van der Waals surface area contributed by atoms with Crippen LogP contribution in [0, 0.1) is 10.8 Å². The number of hydrogen-bond acceptors (Lipinski definition) is 3. The zero-order valence-corrected chi connectivity index (χ0v) is 15.4. The summed E-state index contributed by atoms with van der Waals surface area (Å²) in [6.45, 7) is 1.17. The van der Waals surface area contributed by atoms with Crippen LogP contribution < -0.4 is 5.32 Å². The van der Waals surface area contributed by atoms with E-state index in [1.165, 1.54) is 0 Å². The Kier molecular flexibility index (Phi) is 3.59. The summed E-state index contributed by atoms with van der Waals surface area (Å²) in [5.74, 6) is -0.775. The van der Waals surface area contributed by atoms with Gasteiger partial charge in [-0.15, -0.1) is 0 Å². The normalized spacial score (nSPS) is 25.0. The van der Waals surface area contributed by atoms with Crippen molar-refractivity contribution in [1.82, 2.24) is 14.9 Å². The fraction of sp³-hybridized carbons (Fsp3) is 0.318. The Bertz CT molecular complexity index is 1080. The van der Waals surface area contributed by atoms with Crippen LogP contribution in [-0.2, 0) is 22.7 Å². The van der Waals surface area contributed by atoms with Crippen molar-refractivity contribution < 1.29 is 14.7 Å². The van der Waals surface area contributed by atoms with Gasteiger partial charge in [-0.3, -0.25) is 9.59 Å². The molecular weight excluding hydrogens is 354 g/mol. The minimum Gasteiger partial charge on any atom is -0.481 e. The first kappa shape index (κ1) is 17.0. The number of fused-ring (bicyclic) bond motifs is 1. The van der Waals surface area contributed by atoms with Crippen LogP contribution in [0.5, 0.6) is 0 Å². The highest BCUT2D eigenvalue weighted by molar-refractivity contribution is 5.93. The van der Waals surface area contributed by atoms with Crippen LogP contribution in [0.15, 0.2) is 54.9 Å². The summed E-state index contributed by atoms with van der Waals surface area (Å²) in [5, 5.41) is 12.2. The maximum atomic E-state index is 12.5. The third kappa shape index (κ3) is 2.52. The van der Waals surface area contributed by atoms with Crippen LogP contribution in [0.1, 0.15) is 30.4 Å². The molecule has 1 heterocycles. The minimum absolute atomic E-state index is 0.0124. The molecule has 0 saturated heterocycles. The van der Waals surface area contributed by atoms with E-state index >= 15 is 0 Å². The number of para-hydroxylation sites is 2. The lowest BCUT2D eigenvalue weighted by molar-refractivity contribution is -0.220. The second-order valence-corrected chi connectivity index (χ2v) is 8.26. The number of nitrogens with one attached hydrogen (secondary N) is 1. The Labute approximate surface area is 162 Å². The summed E-state index contributed by atoms with van der Waals surface area (Å²) in [5.41, 5.74) is 3.19. The molecule has 2 N–H and O–H groups in total. The first-order chi connectivity index (χ1) is 13.5. The first-order valence-electron chi connectivity index (χ1n) is 9.49. The Morgan fingerprint density at radius 2 is 1.79 bits per heavy atom. The molecule has 0 atom stereocenters. The minimum atomic E-state index is -0.762. The van der Waals surface area contributed by atoms with Crippen molar-refractivity contribution in [3.63, 3.8) is 0 Å². The summed E-state index contributed by atoms with van der Waals surface area (Å²) in [7, 11) is 0. The highest BCUT2D eigenvalue weighted by Gasteiger charge is 2.75. The molecule has 1 aromatic heterocycles. The van der Waals surface area contributed by atoms with Crippen LogP contribution in [0.3, 0.4) is 0 Å². The summed E-state index contributed by atoms with van der Waals surface area (Å²) >= 11 is 0. The molecule has 2 aromatic carbocycles. The van der Waals surface area contributed by atoms with Gasteiger partial charge in [0.2, 0.25) is 5.91 Å². The van der Waals surface area contributed by atoms with Crippen molar-refractivity contribution in [3.05, 3.63) is 66.0 Å². The molecule has 0 spiro atoms. The van der Waals surface area contributed by atoms with E-state index in [2.05, 4.69) is 33.1 Å². The molecule has 3 aliphatic rings. The lowest BCUT2D eigenvalue weighted by Gasteiger charge is -2.66. The van der Waals surface area contributed by atoms with E-state index in [4.69, 9.17) is 0 Å². The van der Waals surface area contributed by atoms with Gasteiger partial charge in [-0.25, -0.2) is 4.98 Å². The molecule has 1 amide bonds. The average molecular weight is 375 g/mol. The third-order valence-electron chi connectivity index (χ3n) is 6.29. The number of carboxylic acid groups (broad SMARTS) is 1. The van der Waals surface area contributed by atoms with Crippen LogP contribution in [-0.4, -0.2) is 26.5 Å². The van der Waals surface area contributed by atoms with E-state index in [0.29, 0.717) is 32.4 Å². The van der Waals surface area contributed by atoms with Crippen molar-refractivity contribution in [2.75, 3.05) is 0 Å². The molecule has 3 aliphatic carbocycles. The van der Waals surface area contributed by atoms with Gasteiger partial charge in [0.05, 0.1) is 28.2 Å². The monoisotopic (exact) mass is 375 g/mol. The predicted octanol–water partition coefficient (Wildman–Crippen LogP) is 2.96. The van der Waals surface area contributed by atoms with Crippen molar-refractivity contribution in [2.24, 2.45) is 10.8 Å². The van der Waals surface area contributed by atoms with E-state index in [-0.39, 0.29) is 5.91 Å². The van der Waals surface area contributed by atoms with Gasteiger partial charge in [0.15, 0.2) is 0 Å². The highest BCUT2D eigenvalue weighted by Crippen LogP contribution is 2.73. The van der Waals surface area contributed by atoms with Gasteiger partial charge in [-0.2, -0.15) is 0 Å². The summed E-state index contributed by atoms with van der Waals surface area (Å²) in [6, 6.07) is 16.2. The standard InChI is InChI=1S/C22H21N3O3/c26-19(21-11-22(12-21,13-21)20(27)28)23-9-15-4-3-5-16(8-15)10-25-14-24-17-6-1-2-7-18(17)25/h1-8,14H,9-13H2,(H,23,26)(H,27,28). The lowest BCUT2D eigenvalue weighted by atomic mass is 9.35. The molecule has 28 heavy (non-hydrogen) atoms. The molecule has 3 fully saturated rings. The van der Waals surface area contributed by atoms with Gasteiger partial charge >= 0.3 is 5.97 Å². The lowest BCUT2D eigenvalue weighted by Crippen LogP contribution is -2.70. The van der Waals surface area contributed by atoms with Crippen molar-refractivity contribution >= 4 is 22.9 Å². The van der Waals surface area contributed by atoms with E-state index in [9.17, 15) is 14.7 Å². The summed E-state index contributed by atoms with van der Waals surface area (Å²) in [4.78, 5) is 28.1. The number of benzene rings is 2. The third-order valence-corrected chi connectivity index (χ3v) is 6.29. The smallest absolute Gasteiger partial charge is 0.309 e. The number of nitrogens with zero attached hydrogens (tertiary/aromatic N) is 2. The average Bonchev–Trinajstić information content (AvgIpc) is 3.01. The maximum Gasteiger partial charge on any atom is 0.309 e. The molecule has 0 aliphatic heterocycles. The fourth-order valence-electron chi connectivity index (χ4n) is 4.80. The molecule has 6 heteroatoms. The van der Waals surface area contributed by atoms with Crippen LogP contribution >= 0.6 is 0 Å². The molecule has 0 unspecified atom stereocenters. The van der Waals surface area contributed by atoms with Crippen LogP contribution in [0.2, 0.25) is 0 Å². The highest BCUT2D eigenvalue weighted by atomic mass is 16.4. The number of imidazole rings is 1. The Hall–Kier alpha value is -3.15. The Morgan fingerprint density at radius 3 is 2.57 bits per heavy atom. The van der Waals surface area contributed by atoms with Gasteiger partial charge < -0.3 is 15.0 Å². The van der Waals surface area contributed by atoms with E-state index in [1.807, 2.05) is 36.7 Å². The molecule has 3 saturated carbocycles. The zero-order valence-electron chi connectivity index (χ0n) is 15.4. The van der Waals surface area contributed by atoms with Crippen molar-refractivity contribution in [1.29, 1.82) is 0 Å². The largest absolute Gasteiger partial charge is 0.481 e. The number of amides is 1. The van der Waals surface area contributed by atoms with E-state index in [0.717, 1.165) is 22.2 Å². The van der Waals surface area contributed by atoms with Crippen molar-refractivity contribution in [2.45, 2.75) is 32.4 Å². The SMILES string of the molecule is O=C(O)C12CC(C(=O)NCc3cccc(Cn4cnc5ccccc54)c3)(C1)C2. The van der Waals surface area contributed by atoms with Gasteiger partial charge in [-0.1, -0.05) is 36.4 Å². The van der Waals surface area contributed by atoms with Gasteiger partial charge in [-0.05, 0) is 42.5 Å². The van der Waals surface area contributed by atoms with Crippen LogP contribution in [0.25, 0.3) is 11.0 Å². The predicted molar refractivity (Wildman–Crippen MR) is 103 cm³/mol. The van der Waals surface area contributed by atoms with Crippen molar-refractivity contribution in [3.8, 4) is 0 Å². The quantitative estimate of drug-likeness (QED) is 0.694. The fourth-order valence-corrected chi connectivity index (χ4v) is 4.80. The van der Waals surface area contributed by atoms with Gasteiger partial charge in [0, 0.05) is 13.1 Å². The molecule has 6 nitrogen and oxygen atoms in total. The number of aromatic nitrogens is 2. The number of carboxylic acids is 1. The van der Waals surface area contributed by atoms with Gasteiger partial charge in [0.1, 0.15) is 0 Å². The number of carbonyl (C=O) groups excluding carboxylic acids is 1. The zero-order chi connectivity index (χ0) is 19.4. The molecule has 6 rings (SSSR count). The second kappa shape index (κ2) is 5.92. The number of carbonyl (C=O) groups is 2. The van der Waals surface area contributed by atoms with Crippen LogP contribution in [0.4, 0.5) is 0 Å². The molecule has 142 valence electrons. The molecule has 0 radical (unpaired) electrons. The second-order valence-electron chi connectivity index (χ2n) is 8.26. The van der Waals surface area contributed by atoms with E-state index in [1.54, 1.807) is 0 Å². The summed E-state index contributed by atoms with van der Waals surface area (Å²) in [6.07, 6.45) is 3.29.